The molecule has 2 aromatic heterocycles. The van der Waals surface area contributed by atoms with Gasteiger partial charge in [-0.3, -0.25) is 9.69 Å². The van der Waals surface area contributed by atoms with Crippen LogP contribution in [0.15, 0.2) is 30.6 Å². The van der Waals surface area contributed by atoms with Gasteiger partial charge in [0.25, 0.3) is 5.91 Å². The number of nitrogens with zero attached hydrogens (tertiary/aromatic N) is 3. The lowest BCUT2D eigenvalue weighted by Crippen LogP contribution is -2.53. The average Bonchev–Trinajstić information content (AvgIpc) is 3.08. The van der Waals surface area contributed by atoms with Gasteiger partial charge < -0.3 is 9.72 Å². The number of rotatable bonds is 2. The van der Waals surface area contributed by atoms with Crippen LogP contribution in [0.1, 0.15) is 43.7 Å². The SMILES string of the molecule is CC1CCCCC12NC(=O)N(Cc1cn3ccccc3c1C#N)C2=O. The molecule has 6 nitrogen and oxygen atoms in total. The zero-order valence-corrected chi connectivity index (χ0v) is 14.2. The summed E-state index contributed by atoms with van der Waals surface area (Å²) in [5.41, 5.74) is 1.23. The third kappa shape index (κ3) is 2.23. The molecular formula is C19H20N4O2. The molecule has 2 aliphatic rings. The van der Waals surface area contributed by atoms with Crippen molar-refractivity contribution >= 4 is 17.5 Å². The second-order valence-corrected chi connectivity index (χ2v) is 7.07. The van der Waals surface area contributed by atoms with Crippen LogP contribution in [0.2, 0.25) is 0 Å². The summed E-state index contributed by atoms with van der Waals surface area (Å²) in [4.78, 5) is 26.9. The van der Waals surface area contributed by atoms with Gasteiger partial charge in [-0.15, -0.1) is 0 Å². The van der Waals surface area contributed by atoms with E-state index in [1.807, 2.05) is 41.9 Å². The van der Waals surface area contributed by atoms with E-state index < -0.39 is 5.54 Å². The molecule has 0 radical (unpaired) electrons. The molecule has 4 rings (SSSR count). The van der Waals surface area contributed by atoms with Gasteiger partial charge in [0.05, 0.1) is 17.6 Å². The Balaban J connectivity index is 1.69. The molecule has 2 atom stereocenters. The Morgan fingerprint density at radius 2 is 2.20 bits per heavy atom. The minimum absolute atomic E-state index is 0.129. The van der Waals surface area contributed by atoms with Crippen LogP contribution in [-0.4, -0.2) is 26.8 Å². The number of carbonyl (C=O) groups is 2. The number of hydrogen-bond donors (Lipinski definition) is 1. The van der Waals surface area contributed by atoms with Crippen molar-refractivity contribution in [2.24, 2.45) is 5.92 Å². The summed E-state index contributed by atoms with van der Waals surface area (Å²) in [6.45, 7) is 2.16. The van der Waals surface area contributed by atoms with E-state index in [2.05, 4.69) is 11.4 Å². The maximum Gasteiger partial charge on any atom is 0.325 e. The summed E-state index contributed by atoms with van der Waals surface area (Å²) in [7, 11) is 0. The van der Waals surface area contributed by atoms with Crippen molar-refractivity contribution in [3.63, 3.8) is 0 Å². The Morgan fingerprint density at radius 1 is 1.36 bits per heavy atom. The van der Waals surface area contributed by atoms with E-state index in [1.165, 1.54) is 4.90 Å². The van der Waals surface area contributed by atoms with Crippen molar-refractivity contribution in [1.29, 1.82) is 5.26 Å². The maximum absolute atomic E-state index is 13.1. The van der Waals surface area contributed by atoms with Crippen molar-refractivity contribution in [3.05, 3.63) is 41.7 Å². The van der Waals surface area contributed by atoms with Gasteiger partial charge in [-0.1, -0.05) is 25.8 Å². The number of hydrogen-bond acceptors (Lipinski definition) is 3. The van der Waals surface area contributed by atoms with E-state index >= 15 is 0 Å². The van der Waals surface area contributed by atoms with Gasteiger partial charge in [-0.25, -0.2) is 4.79 Å². The molecule has 2 fully saturated rings. The largest absolute Gasteiger partial charge is 0.325 e. The van der Waals surface area contributed by atoms with E-state index in [1.54, 1.807) is 0 Å². The first-order chi connectivity index (χ1) is 12.1. The molecule has 3 amide bonds. The molecule has 1 aliphatic heterocycles. The Bertz CT molecular complexity index is 910. The molecule has 1 N–H and O–H groups in total. The minimum Gasteiger partial charge on any atom is -0.323 e. The highest BCUT2D eigenvalue weighted by Crippen LogP contribution is 2.38. The monoisotopic (exact) mass is 336 g/mol. The highest BCUT2D eigenvalue weighted by Gasteiger charge is 2.54. The van der Waals surface area contributed by atoms with Crippen molar-refractivity contribution < 1.29 is 9.59 Å². The number of fused-ring (bicyclic) bond motifs is 1. The maximum atomic E-state index is 13.1. The fourth-order valence-electron chi connectivity index (χ4n) is 4.24. The third-order valence-electron chi connectivity index (χ3n) is 5.70. The van der Waals surface area contributed by atoms with Gasteiger partial charge in [0.1, 0.15) is 11.6 Å². The Kier molecular flexibility index (Phi) is 3.53. The first kappa shape index (κ1) is 15.7. The lowest BCUT2D eigenvalue weighted by atomic mass is 9.73. The summed E-state index contributed by atoms with van der Waals surface area (Å²) in [5.74, 6) is -0.0184. The summed E-state index contributed by atoms with van der Waals surface area (Å²) < 4.78 is 1.85. The molecule has 2 aromatic rings. The van der Waals surface area contributed by atoms with Crippen LogP contribution < -0.4 is 5.32 Å². The van der Waals surface area contributed by atoms with Crippen molar-refractivity contribution in [2.75, 3.05) is 0 Å². The second-order valence-electron chi connectivity index (χ2n) is 7.07. The zero-order valence-electron chi connectivity index (χ0n) is 14.2. The van der Waals surface area contributed by atoms with Gasteiger partial charge in [0, 0.05) is 18.0 Å². The molecule has 25 heavy (non-hydrogen) atoms. The lowest BCUT2D eigenvalue weighted by Gasteiger charge is -2.36. The van der Waals surface area contributed by atoms with Crippen LogP contribution in [-0.2, 0) is 11.3 Å². The van der Waals surface area contributed by atoms with Crippen molar-refractivity contribution in [3.8, 4) is 6.07 Å². The number of carbonyl (C=O) groups excluding carboxylic acids is 2. The van der Waals surface area contributed by atoms with Crippen LogP contribution in [0.5, 0.6) is 0 Å². The number of urea groups is 1. The summed E-state index contributed by atoms with van der Waals surface area (Å²) >= 11 is 0. The molecule has 128 valence electrons. The molecule has 1 aliphatic carbocycles. The Morgan fingerprint density at radius 3 is 2.96 bits per heavy atom. The number of nitriles is 1. The van der Waals surface area contributed by atoms with Gasteiger partial charge in [0.15, 0.2) is 0 Å². The zero-order chi connectivity index (χ0) is 17.6. The van der Waals surface area contributed by atoms with Gasteiger partial charge in [-0.2, -0.15) is 5.26 Å². The molecule has 1 spiro atoms. The molecule has 6 heteroatoms. The molecule has 0 aromatic carbocycles. The number of nitrogens with one attached hydrogen (secondary N) is 1. The van der Waals surface area contributed by atoms with Gasteiger partial charge >= 0.3 is 6.03 Å². The van der Waals surface area contributed by atoms with Crippen LogP contribution in [0.3, 0.4) is 0 Å². The average molecular weight is 336 g/mol. The second kappa shape index (κ2) is 5.62. The van der Waals surface area contributed by atoms with E-state index in [0.29, 0.717) is 17.5 Å². The Hall–Kier alpha value is -2.81. The van der Waals surface area contributed by atoms with Crippen LogP contribution >= 0.6 is 0 Å². The molecule has 0 bridgehead atoms. The first-order valence-electron chi connectivity index (χ1n) is 8.69. The van der Waals surface area contributed by atoms with Crippen LogP contribution in [0, 0.1) is 17.2 Å². The van der Waals surface area contributed by atoms with Gasteiger partial charge in [-0.05, 0) is 30.9 Å². The summed E-state index contributed by atoms with van der Waals surface area (Å²) in [6, 6.07) is 7.47. The fourth-order valence-corrected chi connectivity index (χ4v) is 4.24. The highest BCUT2D eigenvalue weighted by atomic mass is 16.2. The predicted molar refractivity (Wildman–Crippen MR) is 91.6 cm³/mol. The van der Waals surface area contributed by atoms with Crippen LogP contribution in [0.25, 0.3) is 5.52 Å². The molecule has 1 saturated heterocycles. The number of imide groups is 1. The highest BCUT2D eigenvalue weighted by molar-refractivity contribution is 6.07. The number of pyridine rings is 1. The minimum atomic E-state index is -0.763. The molecule has 3 heterocycles. The van der Waals surface area contributed by atoms with Crippen LogP contribution in [0.4, 0.5) is 4.79 Å². The standard InChI is InChI=1S/C19H20N4O2/c1-13-6-2-4-8-19(13)17(24)23(18(25)21-19)12-14-11-22-9-5-3-7-16(22)15(14)10-20/h3,5,7,9,11,13H,2,4,6,8,12H2,1H3,(H,21,25). The fraction of sp³-hybridized carbons (Fsp3) is 0.421. The van der Waals surface area contributed by atoms with E-state index in [4.69, 9.17) is 0 Å². The molecule has 1 saturated carbocycles. The van der Waals surface area contributed by atoms with E-state index in [9.17, 15) is 14.9 Å². The van der Waals surface area contributed by atoms with E-state index in [-0.39, 0.29) is 24.4 Å². The number of aromatic nitrogens is 1. The van der Waals surface area contributed by atoms with Gasteiger partial charge in [0.2, 0.25) is 0 Å². The number of amides is 3. The molecule has 2 unspecified atom stereocenters. The summed E-state index contributed by atoms with van der Waals surface area (Å²) in [5, 5.41) is 12.5. The van der Waals surface area contributed by atoms with Crippen molar-refractivity contribution in [1.82, 2.24) is 14.6 Å². The third-order valence-corrected chi connectivity index (χ3v) is 5.70. The summed E-state index contributed by atoms with van der Waals surface area (Å²) in [6.07, 6.45) is 7.36. The normalized spacial score (nSPS) is 26.2. The first-order valence-corrected chi connectivity index (χ1v) is 8.69. The van der Waals surface area contributed by atoms with Crippen molar-refractivity contribution in [2.45, 2.75) is 44.7 Å². The smallest absolute Gasteiger partial charge is 0.323 e. The lowest BCUT2D eigenvalue weighted by molar-refractivity contribution is -0.134. The molecular weight excluding hydrogens is 316 g/mol. The predicted octanol–water partition coefficient (Wildman–Crippen LogP) is 2.81. The van der Waals surface area contributed by atoms with E-state index in [0.717, 1.165) is 24.8 Å². The topological polar surface area (TPSA) is 77.6 Å². The Labute approximate surface area is 146 Å². The quantitative estimate of drug-likeness (QED) is 0.857.